The molecule has 0 spiro atoms. The van der Waals surface area contributed by atoms with E-state index >= 15 is 0 Å². The number of nitrogens with one attached hydrogen (secondary N) is 1. The fourth-order valence-electron chi connectivity index (χ4n) is 1.48. The predicted octanol–water partition coefficient (Wildman–Crippen LogP) is 3.37. The van der Waals surface area contributed by atoms with Crippen LogP contribution in [0.4, 0.5) is 5.69 Å². The van der Waals surface area contributed by atoms with E-state index in [9.17, 15) is 0 Å². The van der Waals surface area contributed by atoms with Gasteiger partial charge in [0.25, 0.3) is 0 Å². The van der Waals surface area contributed by atoms with Gasteiger partial charge >= 0.3 is 0 Å². The smallest absolute Gasteiger partial charge is 0.193 e. The van der Waals surface area contributed by atoms with E-state index in [-0.39, 0.29) is 24.0 Å². The van der Waals surface area contributed by atoms with E-state index in [1.54, 1.807) is 19.2 Å². The van der Waals surface area contributed by atoms with Crippen molar-refractivity contribution in [1.82, 2.24) is 0 Å². The monoisotopic (exact) mass is 427 g/mol. The minimum absolute atomic E-state index is 0. The van der Waals surface area contributed by atoms with E-state index < -0.39 is 0 Å². The van der Waals surface area contributed by atoms with E-state index in [0.29, 0.717) is 35.8 Å². The van der Waals surface area contributed by atoms with Crippen LogP contribution >= 0.6 is 35.6 Å². The number of hydrogen-bond acceptors (Lipinski definition) is 3. The molecule has 0 saturated heterocycles. The first kappa shape index (κ1) is 20.3. The van der Waals surface area contributed by atoms with E-state index in [4.69, 9.17) is 26.8 Å². The number of guanidine groups is 1. The first-order valence-electron chi connectivity index (χ1n) is 6.51. The third-order valence-electron chi connectivity index (χ3n) is 2.39. The van der Waals surface area contributed by atoms with Crippen molar-refractivity contribution in [1.29, 1.82) is 0 Å². The van der Waals surface area contributed by atoms with Crippen LogP contribution in [0, 0.1) is 5.92 Å². The van der Waals surface area contributed by atoms with Crippen molar-refractivity contribution in [3.8, 4) is 5.75 Å². The predicted molar refractivity (Wildman–Crippen MR) is 99.2 cm³/mol. The topological polar surface area (TPSA) is 68.9 Å². The number of nitrogens with zero attached hydrogens (tertiary/aromatic N) is 1. The summed E-state index contributed by atoms with van der Waals surface area (Å²) in [6.45, 7) is 6.02. The summed E-state index contributed by atoms with van der Waals surface area (Å²) in [5.41, 5.74) is 6.54. The normalized spacial score (nSPS) is 11.2. The van der Waals surface area contributed by atoms with Gasteiger partial charge in [0.1, 0.15) is 5.75 Å². The number of rotatable bonds is 7. The molecule has 0 heterocycles. The number of anilines is 1. The summed E-state index contributed by atoms with van der Waals surface area (Å²) in [7, 11) is 1.57. The van der Waals surface area contributed by atoms with Gasteiger partial charge in [0.05, 0.1) is 25.3 Å². The molecule has 1 aromatic rings. The molecule has 21 heavy (non-hydrogen) atoms. The molecule has 0 unspecified atom stereocenters. The molecule has 0 aliphatic rings. The molecular formula is C14H23ClIN3O2. The maximum Gasteiger partial charge on any atom is 0.193 e. The number of methoxy groups -OCH3 is 1. The van der Waals surface area contributed by atoms with Gasteiger partial charge in [0, 0.05) is 12.3 Å². The summed E-state index contributed by atoms with van der Waals surface area (Å²) in [4.78, 5) is 4.17. The average molecular weight is 428 g/mol. The Hall–Kier alpha value is -0.730. The molecule has 0 bridgehead atoms. The molecule has 0 amide bonds. The largest absolute Gasteiger partial charge is 0.495 e. The molecular weight excluding hydrogens is 405 g/mol. The highest BCUT2D eigenvalue weighted by molar-refractivity contribution is 14.0. The van der Waals surface area contributed by atoms with Crippen molar-refractivity contribution in [2.75, 3.05) is 32.2 Å². The SMILES string of the molecule is COc1ccc(NC(N)=NCCOCC(C)C)cc1Cl.I. The Bertz CT molecular complexity index is 456. The molecule has 0 radical (unpaired) electrons. The van der Waals surface area contributed by atoms with Gasteiger partial charge in [0.15, 0.2) is 5.96 Å². The molecule has 0 aliphatic carbocycles. The third kappa shape index (κ3) is 8.33. The Morgan fingerprint density at radius 3 is 2.71 bits per heavy atom. The van der Waals surface area contributed by atoms with E-state index in [2.05, 4.69) is 24.2 Å². The van der Waals surface area contributed by atoms with Crippen LogP contribution in [-0.4, -0.2) is 32.8 Å². The molecule has 1 rings (SSSR count). The Morgan fingerprint density at radius 1 is 1.43 bits per heavy atom. The van der Waals surface area contributed by atoms with Gasteiger partial charge in [-0.1, -0.05) is 25.4 Å². The number of halogens is 2. The molecule has 120 valence electrons. The zero-order chi connectivity index (χ0) is 15.0. The lowest BCUT2D eigenvalue weighted by Crippen LogP contribution is -2.23. The van der Waals surface area contributed by atoms with Crippen LogP contribution < -0.4 is 15.8 Å². The number of nitrogens with two attached hydrogens (primary N) is 1. The van der Waals surface area contributed by atoms with E-state index in [1.165, 1.54) is 0 Å². The molecule has 0 atom stereocenters. The summed E-state index contributed by atoms with van der Waals surface area (Å²) in [5.74, 6) is 1.48. The molecule has 7 heteroatoms. The first-order chi connectivity index (χ1) is 9.52. The molecule has 1 aromatic carbocycles. The second-order valence-electron chi connectivity index (χ2n) is 4.71. The molecule has 0 fully saturated rings. The minimum Gasteiger partial charge on any atom is -0.495 e. The Morgan fingerprint density at radius 2 is 2.14 bits per heavy atom. The Labute approximate surface area is 148 Å². The van der Waals surface area contributed by atoms with Crippen LogP contribution in [0.3, 0.4) is 0 Å². The van der Waals surface area contributed by atoms with Crippen LogP contribution in [0.15, 0.2) is 23.2 Å². The maximum absolute atomic E-state index is 6.02. The van der Waals surface area contributed by atoms with Gasteiger partial charge in [-0.3, -0.25) is 4.99 Å². The Kier molecular flexibility index (Phi) is 10.5. The van der Waals surface area contributed by atoms with Gasteiger partial charge in [-0.2, -0.15) is 0 Å². The third-order valence-corrected chi connectivity index (χ3v) is 2.69. The number of ether oxygens (including phenoxy) is 2. The molecule has 0 aliphatic heterocycles. The fourth-order valence-corrected chi connectivity index (χ4v) is 1.74. The lowest BCUT2D eigenvalue weighted by molar-refractivity contribution is 0.117. The zero-order valence-corrected chi connectivity index (χ0v) is 15.6. The van der Waals surface area contributed by atoms with Crippen LogP contribution in [0.2, 0.25) is 5.02 Å². The van der Waals surface area contributed by atoms with Gasteiger partial charge in [0.2, 0.25) is 0 Å². The van der Waals surface area contributed by atoms with Crippen molar-refractivity contribution < 1.29 is 9.47 Å². The van der Waals surface area contributed by atoms with Crippen molar-refractivity contribution >= 4 is 47.2 Å². The van der Waals surface area contributed by atoms with Crippen LogP contribution in [0.5, 0.6) is 5.75 Å². The average Bonchev–Trinajstić information content (AvgIpc) is 2.38. The summed E-state index contributed by atoms with van der Waals surface area (Å²) >= 11 is 6.02. The van der Waals surface area contributed by atoms with Gasteiger partial charge in [-0.05, 0) is 24.1 Å². The van der Waals surface area contributed by atoms with Crippen molar-refractivity contribution in [2.24, 2.45) is 16.6 Å². The van der Waals surface area contributed by atoms with Crippen molar-refractivity contribution in [2.45, 2.75) is 13.8 Å². The quantitative estimate of drug-likeness (QED) is 0.303. The first-order valence-corrected chi connectivity index (χ1v) is 6.89. The highest BCUT2D eigenvalue weighted by atomic mass is 127. The summed E-state index contributed by atoms with van der Waals surface area (Å²) in [6.07, 6.45) is 0. The van der Waals surface area contributed by atoms with Crippen molar-refractivity contribution in [3.63, 3.8) is 0 Å². The van der Waals surface area contributed by atoms with Gasteiger partial charge in [-0.15, -0.1) is 24.0 Å². The standard InChI is InChI=1S/C14H22ClN3O2.HI/c1-10(2)9-20-7-6-17-14(16)18-11-4-5-13(19-3)12(15)8-11;/h4-5,8,10H,6-7,9H2,1-3H3,(H3,16,17,18);1H. The Balaban J connectivity index is 0.00000400. The van der Waals surface area contributed by atoms with Gasteiger partial charge < -0.3 is 20.5 Å². The number of benzene rings is 1. The minimum atomic E-state index is 0. The van der Waals surface area contributed by atoms with Crippen LogP contribution in [-0.2, 0) is 4.74 Å². The molecule has 0 aromatic heterocycles. The summed E-state index contributed by atoms with van der Waals surface area (Å²) in [5, 5.41) is 3.48. The lowest BCUT2D eigenvalue weighted by Gasteiger charge is -2.09. The molecule has 3 N–H and O–H groups in total. The van der Waals surface area contributed by atoms with E-state index in [0.717, 1.165) is 12.3 Å². The second-order valence-corrected chi connectivity index (χ2v) is 5.12. The van der Waals surface area contributed by atoms with Gasteiger partial charge in [-0.25, -0.2) is 0 Å². The number of hydrogen-bond donors (Lipinski definition) is 2. The summed E-state index contributed by atoms with van der Waals surface area (Å²) < 4.78 is 10.5. The van der Waals surface area contributed by atoms with E-state index in [1.807, 2.05) is 6.07 Å². The highest BCUT2D eigenvalue weighted by Crippen LogP contribution is 2.26. The summed E-state index contributed by atoms with van der Waals surface area (Å²) in [6, 6.07) is 5.32. The fraction of sp³-hybridized carbons (Fsp3) is 0.500. The van der Waals surface area contributed by atoms with Crippen LogP contribution in [0.25, 0.3) is 0 Å². The molecule has 5 nitrogen and oxygen atoms in total. The van der Waals surface area contributed by atoms with Crippen LogP contribution in [0.1, 0.15) is 13.8 Å². The number of aliphatic imine (C=N–C) groups is 1. The van der Waals surface area contributed by atoms with Crippen molar-refractivity contribution in [3.05, 3.63) is 23.2 Å². The highest BCUT2D eigenvalue weighted by Gasteiger charge is 2.02. The lowest BCUT2D eigenvalue weighted by atomic mass is 10.2. The second kappa shape index (κ2) is 10.9. The molecule has 0 saturated carbocycles. The maximum atomic E-state index is 6.02. The zero-order valence-electron chi connectivity index (χ0n) is 12.6.